The van der Waals surface area contributed by atoms with Gasteiger partial charge in [-0.2, -0.15) is 26.3 Å². The summed E-state index contributed by atoms with van der Waals surface area (Å²) in [4.78, 5) is 3.72. The second-order valence-corrected chi connectivity index (χ2v) is 8.94. The molecule has 1 N–H and O–H groups in total. The summed E-state index contributed by atoms with van der Waals surface area (Å²) < 4.78 is 105. The van der Waals surface area contributed by atoms with Gasteiger partial charge in [0.15, 0.2) is 6.29 Å². The van der Waals surface area contributed by atoms with Gasteiger partial charge in [0.25, 0.3) is 0 Å². The molecule has 2 aromatic carbocycles. The molecule has 1 aliphatic heterocycles. The number of rotatable bonds is 7. The van der Waals surface area contributed by atoms with Gasteiger partial charge in [-0.05, 0) is 55.6 Å². The average molecular weight is 548 g/mol. The number of morpholine rings is 1. The first kappa shape index (κ1) is 29.9. The van der Waals surface area contributed by atoms with Crippen LogP contribution in [0.25, 0.3) is 0 Å². The van der Waals surface area contributed by atoms with Crippen molar-refractivity contribution in [1.82, 2.24) is 9.80 Å². The summed E-state index contributed by atoms with van der Waals surface area (Å²) in [6.45, 7) is 0.313. The van der Waals surface area contributed by atoms with Gasteiger partial charge in [0.2, 0.25) is 0 Å². The Balaban J connectivity index is 1.97. The molecule has 3 atom stereocenters. The summed E-state index contributed by atoms with van der Waals surface area (Å²) in [5.41, 5.74) is -3.04. The molecule has 0 bridgehead atoms. The van der Waals surface area contributed by atoms with Crippen LogP contribution in [0.5, 0.6) is 0 Å². The molecule has 2 unspecified atom stereocenters. The van der Waals surface area contributed by atoms with Gasteiger partial charge >= 0.3 is 12.4 Å². The first-order valence-electron chi connectivity index (χ1n) is 11.6. The number of benzene rings is 2. The number of halogens is 7. The molecule has 1 heterocycles. The number of ether oxygens (including phenoxy) is 2. The molecule has 1 saturated heterocycles. The standard InChI is InChI=1S/C26H27F7N2O3/c1-34(2)9-3-4-10-35-11-12-37-24(23(35)17-5-7-21(27)8-6-17)38-22(16-36)18-13-19(25(28,29)30)15-20(14-18)26(31,32)33/h5-8,13-15,22-24,36H,9-12,16H2,1-2H3/t22-,23?,24?/m0/s1. The van der Waals surface area contributed by atoms with Gasteiger partial charge in [0.05, 0.1) is 43.5 Å². The fourth-order valence-corrected chi connectivity index (χ4v) is 3.93. The molecule has 0 amide bonds. The summed E-state index contributed by atoms with van der Waals surface area (Å²) in [5.74, 6) is 5.50. The van der Waals surface area contributed by atoms with Gasteiger partial charge < -0.3 is 14.6 Å². The fourth-order valence-electron chi connectivity index (χ4n) is 3.93. The van der Waals surface area contributed by atoms with Crippen molar-refractivity contribution < 1.29 is 45.3 Å². The van der Waals surface area contributed by atoms with Crippen LogP contribution in [-0.4, -0.2) is 68.1 Å². The Kier molecular flexibility index (Phi) is 9.78. The smallest absolute Gasteiger partial charge is 0.393 e. The van der Waals surface area contributed by atoms with Crippen LogP contribution in [0.2, 0.25) is 0 Å². The van der Waals surface area contributed by atoms with Crippen LogP contribution in [0.4, 0.5) is 30.7 Å². The lowest BCUT2D eigenvalue weighted by atomic mass is 10.00. The predicted molar refractivity (Wildman–Crippen MR) is 124 cm³/mol. The lowest BCUT2D eigenvalue weighted by Crippen LogP contribution is -2.47. The highest BCUT2D eigenvalue weighted by molar-refractivity contribution is 5.35. The van der Waals surface area contributed by atoms with Gasteiger partial charge in [-0.15, -0.1) is 0 Å². The van der Waals surface area contributed by atoms with Crippen LogP contribution in [-0.2, 0) is 21.8 Å². The van der Waals surface area contributed by atoms with E-state index < -0.39 is 59.9 Å². The number of nitrogens with zero attached hydrogens (tertiary/aromatic N) is 2. The van der Waals surface area contributed by atoms with E-state index in [0.717, 1.165) is 0 Å². The third kappa shape index (κ3) is 7.91. The summed E-state index contributed by atoms with van der Waals surface area (Å²) in [6.07, 6.45) is -12.9. The van der Waals surface area contributed by atoms with Crippen molar-refractivity contribution in [2.45, 2.75) is 30.8 Å². The first-order valence-corrected chi connectivity index (χ1v) is 11.6. The van der Waals surface area contributed by atoms with Crippen molar-refractivity contribution in [1.29, 1.82) is 0 Å². The maximum absolute atomic E-state index is 13.6. The highest BCUT2D eigenvalue weighted by Crippen LogP contribution is 2.39. The van der Waals surface area contributed by atoms with Crippen LogP contribution >= 0.6 is 0 Å². The normalized spacial score (nSPS) is 19.8. The topological polar surface area (TPSA) is 45.2 Å². The molecule has 208 valence electrons. The van der Waals surface area contributed by atoms with Crippen molar-refractivity contribution in [2.24, 2.45) is 0 Å². The zero-order valence-corrected chi connectivity index (χ0v) is 20.6. The molecule has 0 aliphatic carbocycles. The molecule has 1 fully saturated rings. The molecule has 3 rings (SSSR count). The van der Waals surface area contributed by atoms with E-state index in [-0.39, 0.29) is 19.2 Å². The van der Waals surface area contributed by atoms with E-state index in [4.69, 9.17) is 9.47 Å². The number of hydrogen-bond donors (Lipinski definition) is 1. The second-order valence-electron chi connectivity index (χ2n) is 8.94. The zero-order valence-electron chi connectivity index (χ0n) is 20.6. The van der Waals surface area contributed by atoms with Gasteiger partial charge in [-0.1, -0.05) is 24.0 Å². The van der Waals surface area contributed by atoms with E-state index in [2.05, 4.69) is 11.8 Å². The molecule has 5 nitrogen and oxygen atoms in total. The molecule has 0 spiro atoms. The number of aliphatic hydroxyl groups excluding tert-OH is 1. The maximum Gasteiger partial charge on any atom is 0.416 e. The highest BCUT2D eigenvalue weighted by atomic mass is 19.4. The largest absolute Gasteiger partial charge is 0.416 e. The summed E-state index contributed by atoms with van der Waals surface area (Å²) in [7, 11) is 3.70. The quantitative estimate of drug-likeness (QED) is 0.395. The first-order chi connectivity index (χ1) is 17.8. The van der Waals surface area contributed by atoms with Crippen LogP contribution < -0.4 is 0 Å². The molecule has 0 radical (unpaired) electrons. The van der Waals surface area contributed by atoms with E-state index in [9.17, 15) is 35.8 Å². The number of hydrogen-bond acceptors (Lipinski definition) is 5. The Morgan fingerprint density at radius 1 is 1.03 bits per heavy atom. The monoisotopic (exact) mass is 548 g/mol. The SMILES string of the molecule is CN(C)CC#CCN1CCOC(O[C@@H](CO)c2cc(C(F)(F)F)cc(C(F)(F)F)c2)C1c1ccc(F)cc1. The minimum atomic E-state index is -5.06. The fraction of sp³-hybridized carbons (Fsp3) is 0.462. The number of alkyl halides is 6. The van der Waals surface area contributed by atoms with Crippen molar-refractivity contribution in [3.05, 3.63) is 70.5 Å². The van der Waals surface area contributed by atoms with E-state index >= 15 is 0 Å². The molecule has 12 heteroatoms. The number of aliphatic hydroxyl groups is 1. The molecule has 2 aromatic rings. The Morgan fingerprint density at radius 2 is 1.63 bits per heavy atom. The van der Waals surface area contributed by atoms with Gasteiger partial charge in [-0.3, -0.25) is 9.80 Å². The van der Waals surface area contributed by atoms with Crippen molar-refractivity contribution in [3.63, 3.8) is 0 Å². The van der Waals surface area contributed by atoms with Crippen LogP contribution in [0.3, 0.4) is 0 Å². The van der Waals surface area contributed by atoms with E-state index in [1.807, 2.05) is 23.9 Å². The van der Waals surface area contributed by atoms with Crippen molar-refractivity contribution in [3.8, 4) is 11.8 Å². The molecular weight excluding hydrogens is 521 g/mol. The van der Waals surface area contributed by atoms with Crippen LogP contribution in [0.1, 0.15) is 34.4 Å². The van der Waals surface area contributed by atoms with Crippen molar-refractivity contribution >= 4 is 0 Å². The Labute approximate surface area is 215 Å². The minimum Gasteiger partial charge on any atom is -0.393 e. The Morgan fingerprint density at radius 3 is 2.16 bits per heavy atom. The molecule has 38 heavy (non-hydrogen) atoms. The van der Waals surface area contributed by atoms with Crippen LogP contribution in [0.15, 0.2) is 42.5 Å². The van der Waals surface area contributed by atoms with E-state index in [1.54, 1.807) is 0 Å². The summed E-state index contributed by atoms with van der Waals surface area (Å²) in [6, 6.07) is 5.67. The lowest BCUT2D eigenvalue weighted by Gasteiger charge is -2.41. The third-order valence-corrected chi connectivity index (χ3v) is 5.77. The summed E-state index contributed by atoms with van der Waals surface area (Å²) >= 11 is 0. The molecule has 1 aliphatic rings. The third-order valence-electron chi connectivity index (χ3n) is 5.77. The maximum atomic E-state index is 13.6. The minimum absolute atomic E-state index is 0.00446. The zero-order chi connectivity index (χ0) is 28.1. The van der Waals surface area contributed by atoms with Gasteiger partial charge in [0, 0.05) is 6.54 Å². The average Bonchev–Trinajstić information content (AvgIpc) is 2.84. The van der Waals surface area contributed by atoms with Gasteiger partial charge in [-0.25, -0.2) is 4.39 Å². The highest BCUT2D eigenvalue weighted by Gasteiger charge is 2.39. The molecule has 0 aromatic heterocycles. The second kappa shape index (κ2) is 12.4. The molecule has 0 saturated carbocycles. The lowest BCUT2D eigenvalue weighted by molar-refractivity contribution is -0.235. The summed E-state index contributed by atoms with van der Waals surface area (Å²) in [5, 5.41) is 9.95. The van der Waals surface area contributed by atoms with E-state index in [1.165, 1.54) is 24.3 Å². The van der Waals surface area contributed by atoms with E-state index in [0.29, 0.717) is 30.8 Å². The Hall–Kier alpha value is -2.69. The van der Waals surface area contributed by atoms with Gasteiger partial charge in [0.1, 0.15) is 11.9 Å². The van der Waals surface area contributed by atoms with Crippen LogP contribution in [0, 0.1) is 17.7 Å². The molecular formula is C26H27F7N2O3. The van der Waals surface area contributed by atoms with Crippen molar-refractivity contribution in [2.75, 3.05) is 46.9 Å². The Bertz CT molecular complexity index is 1090. The predicted octanol–water partition coefficient (Wildman–Crippen LogP) is 4.88.